The molecule has 0 atom stereocenters. The van der Waals surface area contributed by atoms with Gasteiger partial charge in [0, 0.05) is 23.5 Å². The Morgan fingerprint density at radius 1 is 1.32 bits per heavy atom. The zero-order valence-electron chi connectivity index (χ0n) is 12.5. The van der Waals surface area contributed by atoms with Gasteiger partial charge in [-0.15, -0.1) is 0 Å². The zero-order valence-corrected chi connectivity index (χ0v) is 12.5. The van der Waals surface area contributed by atoms with Crippen LogP contribution in [0.3, 0.4) is 0 Å². The van der Waals surface area contributed by atoms with E-state index in [0.29, 0.717) is 11.1 Å². The fourth-order valence-electron chi connectivity index (χ4n) is 2.61. The number of carbonyl (C=O) groups excluding carboxylic acids is 1. The molecule has 22 heavy (non-hydrogen) atoms. The highest BCUT2D eigenvalue weighted by Crippen LogP contribution is 2.21. The van der Waals surface area contributed by atoms with Gasteiger partial charge in [0.25, 0.3) is 0 Å². The van der Waals surface area contributed by atoms with Gasteiger partial charge < -0.3 is 4.57 Å². The third kappa shape index (κ3) is 2.38. The molecule has 0 N–H and O–H groups in total. The van der Waals surface area contributed by atoms with E-state index in [9.17, 15) is 4.79 Å². The molecule has 3 rings (SSSR count). The van der Waals surface area contributed by atoms with Crippen molar-refractivity contribution in [2.24, 2.45) is 0 Å². The molecule has 0 radical (unpaired) electrons. The minimum Gasteiger partial charge on any atom is -0.325 e. The van der Waals surface area contributed by atoms with Gasteiger partial charge >= 0.3 is 0 Å². The zero-order chi connectivity index (χ0) is 15.7. The van der Waals surface area contributed by atoms with Crippen molar-refractivity contribution in [2.75, 3.05) is 0 Å². The molecule has 0 amide bonds. The van der Waals surface area contributed by atoms with Gasteiger partial charge in [-0.1, -0.05) is 0 Å². The highest BCUT2D eigenvalue weighted by atomic mass is 16.1. The number of benzene rings is 1. The van der Waals surface area contributed by atoms with Crippen LogP contribution in [0.25, 0.3) is 11.4 Å². The van der Waals surface area contributed by atoms with E-state index in [0.717, 1.165) is 22.5 Å². The Balaban J connectivity index is 1.98. The van der Waals surface area contributed by atoms with Crippen molar-refractivity contribution in [3.8, 4) is 17.5 Å². The van der Waals surface area contributed by atoms with E-state index >= 15 is 0 Å². The number of rotatable bonds is 3. The third-order valence-electron chi connectivity index (χ3n) is 3.93. The standard InChI is InChI=1S/C18H15N3O/c1-12-8-14(10-19)9-16(13(12)2)17(22)11-21-7-3-4-15-5-6-20-18(15)21/h3-9H,11H2,1-2H3. The van der Waals surface area contributed by atoms with Gasteiger partial charge in [-0.05, 0) is 55.3 Å². The van der Waals surface area contributed by atoms with Crippen LogP contribution in [-0.2, 0) is 6.54 Å². The molecule has 0 saturated heterocycles. The molecule has 0 bridgehead atoms. The first kappa shape index (κ1) is 14.0. The second-order valence-electron chi connectivity index (χ2n) is 5.36. The average Bonchev–Trinajstić information content (AvgIpc) is 2.99. The van der Waals surface area contributed by atoms with Crippen LogP contribution >= 0.6 is 0 Å². The highest BCUT2D eigenvalue weighted by molar-refractivity contribution is 5.98. The van der Waals surface area contributed by atoms with E-state index in [-0.39, 0.29) is 12.3 Å². The van der Waals surface area contributed by atoms with Gasteiger partial charge in [-0.2, -0.15) is 5.26 Å². The Bertz CT molecular complexity index is 870. The first-order chi connectivity index (χ1) is 10.6. The molecule has 0 unspecified atom stereocenters. The Morgan fingerprint density at radius 2 is 2.14 bits per heavy atom. The van der Waals surface area contributed by atoms with Gasteiger partial charge in [-0.3, -0.25) is 4.79 Å². The van der Waals surface area contributed by atoms with Crippen LogP contribution in [0.5, 0.6) is 0 Å². The smallest absolute Gasteiger partial charge is 0.182 e. The van der Waals surface area contributed by atoms with Crippen molar-refractivity contribution >= 4 is 5.78 Å². The van der Waals surface area contributed by atoms with E-state index in [2.05, 4.69) is 11.1 Å². The van der Waals surface area contributed by atoms with Crippen LogP contribution in [0.4, 0.5) is 0 Å². The first-order valence-corrected chi connectivity index (χ1v) is 7.04. The van der Waals surface area contributed by atoms with E-state index in [4.69, 9.17) is 5.26 Å². The second-order valence-corrected chi connectivity index (χ2v) is 5.36. The summed E-state index contributed by atoms with van der Waals surface area (Å²) in [6.07, 6.45) is 3.58. The number of hydrogen-bond acceptors (Lipinski definition) is 3. The fraction of sp³-hybridized carbons (Fsp3) is 0.167. The van der Waals surface area contributed by atoms with E-state index in [1.807, 2.05) is 42.8 Å². The van der Waals surface area contributed by atoms with Gasteiger partial charge in [-0.25, -0.2) is 4.98 Å². The first-order valence-electron chi connectivity index (χ1n) is 7.04. The Kier molecular flexibility index (Phi) is 3.48. The van der Waals surface area contributed by atoms with Crippen molar-refractivity contribution in [2.45, 2.75) is 20.4 Å². The summed E-state index contributed by atoms with van der Waals surface area (Å²) in [7, 11) is 0. The van der Waals surface area contributed by atoms with Gasteiger partial charge in [0.2, 0.25) is 0 Å². The van der Waals surface area contributed by atoms with E-state index in [1.165, 1.54) is 0 Å². The van der Waals surface area contributed by atoms with E-state index < -0.39 is 0 Å². The number of nitriles is 1. The number of fused-ring (bicyclic) bond motifs is 1. The monoisotopic (exact) mass is 289 g/mol. The molecular formula is C18H15N3O. The molecule has 1 aromatic rings. The summed E-state index contributed by atoms with van der Waals surface area (Å²) in [5.74, 6) is 0.778. The lowest BCUT2D eigenvalue weighted by Crippen LogP contribution is -2.14. The lowest BCUT2D eigenvalue weighted by atomic mass is 9.97. The van der Waals surface area contributed by atoms with Gasteiger partial charge in [0.05, 0.1) is 18.2 Å². The predicted octanol–water partition coefficient (Wildman–Crippen LogP) is 3.36. The average molecular weight is 289 g/mol. The van der Waals surface area contributed by atoms with Crippen molar-refractivity contribution in [1.82, 2.24) is 9.55 Å². The van der Waals surface area contributed by atoms with Gasteiger partial charge in [0.15, 0.2) is 5.78 Å². The summed E-state index contributed by atoms with van der Waals surface area (Å²) in [4.78, 5) is 17.0. The number of pyridine rings is 1. The lowest BCUT2D eigenvalue weighted by molar-refractivity contribution is 0.0971. The number of Topliss-reactive ketones (excluding diaryl/α,β-unsaturated/α-hetero) is 1. The summed E-state index contributed by atoms with van der Waals surface area (Å²) in [5.41, 5.74) is 4.01. The quantitative estimate of drug-likeness (QED) is 0.695. The molecule has 0 aliphatic carbocycles. The van der Waals surface area contributed by atoms with Crippen LogP contribution in [0.2, 0.25) is 0 Å². The molecular weight excluding hydrogens is 274 g/mol. The van der Waals surface area contributed by atoms with Crippen LogP contribution < -0.4 is 0 Å². The number of nitrogens with zero attached hydrogens (tertiary/aromatic N) is 3. The van der Waals surface area contributed by atoms with Crippen molar-refractivity contribution in [3.63, 3.8) is 0 Å². The summed E-state index contributed by atoms with van der Waals surface area (Å²) in [6.45, 7) is 4.04. The number of carbonyl (C=O) groups is 1. The highest BCUT2D eigenvalue weighted by Gasteiger charge is 2.15. The molecule has 2 aliphatic heterocycles. The van der Waals surface area contributed by atoms with Crippen molar-refractivity contribution in [1.29, 1.82) is 5.26 Å². The second kappa shape index (κ2) is 5.45. The third-order valence-corrected chi connectivity index (χ3v) is 3.93. The number of hydrogen-bond donors (Lipinski definition) is 0. The molecule has 108 valence electrons. The van der Waals surface area contributed by atoms with Gasteiger partial charge in [0.1, 0.15) is 5.82 Å². The Labute approximate surface area is 129 Å². The lowest BCUT2D eigenvalue weighted by Gasteiger charge is -2.13. The van der Waals surface area contributed by atoms with Crippen LogP contribution in [0, 0.1) is 25.2 Å². The van der Waals surface area contributed by atoms with Crippen molar-refractivity contribution < 1.29 is 4.79 Å². The molecule has 2 aliphatic rings. The minimum absolute atomic E-state index is 0.0156. The maximum Gasteiger partial charge on any atom is 0.182 e. The van der Waals surface area contributed by atoms with E-state index in [1.54, 1.807) is 18.3 Å². The Hall–Kier alpha value is -2.93. The van der Waals surface area contributed by atoms with Crippen LogP contribution in [0.1, 0.15) is 27.0 Å². The minimum atomic E-state index is -0.0156. The molecule has 1 aromatic carbocycles. The Morgan fingerprint density at radius 3 is 2.91 bits per heavy atom. The molecule has 4 heteroatoms. The number of aryl methyl sites for hydroxylation is 1. The summed E-state index contributed by atoms with van der Waals surface area (Å²) >= 11 is 0. The predicted molar refractivity (Wildman–Crippen MR) is 83.8 cm³/mol. The number of ketones is 1. The normalized spacial score (nSPS) is 10.6. The summed E-state index contributed by atoms with van der Waals surface area (Å²) in [5, 5.41) is 9.09. The molecule has 0 spiro atoms. The summed E-state index contributed by atoms with van der Waals surface area (Å²) in [6, 6.07) is 11.4. The topological polar surface area (TPSA) is 58.7 Å². The molecule has 4 nitrogen and oxygen atoms in total. The summed E-state index contributed by atoms with van der Waals surface area (Å²) < 4.78 is 1.84. The molecule has 0 aromatic heterocycles. The van der Waals surface area contributed by atoms with Crippen LogP contribution in [-0.4, -0.2) is 15.3 Å². The number of aromatic nitrogens is 2. The van der Waals surface area contributed by atoms with Crippen LogP contribution in [0.15, 0.2) is 42.7 Å². The fourth-order valence-corrected chi connectivity index (χ4v) is 2.61. The largest absolute Gasteiger partial charge is 0.325 e. The van der Waals surface area contributed by atoms with Crippen molar-refractivity contribution in [3.05, 3.63) is 65.0 Å². The molecule has 2 heterocycles. The molecule has 0 fully saturated rings. The maximum absolute atomic E-state index is 12.7. The SMILES string of the molecule is Cc1cc(C#N)cc(C(=O)Cn2cccc3ccnc2-3)c1C. The maximum atomic E-state index is 12.7. The molecule has 0 saturated carbocycles.